The van der Waals surface area contributed by atoms with Gasteiger partial charge in [-0.25, -0.2) is 4.39 Å². The minimum atomic E-state index is -0.601. The van der Waals surface area contributed by atoms with Crippen LogP contribution in [0.25, 0.3) is 0 Å². The van der Waals surface area contributed by atoms with Gasteiger partial charge in [0.1, 0.15) is 5.82 Å². The summed E-state index contributed by atoms with van der Waals surface area (Å²) in [5.74, 6) is -0.601. The quantitative estimate of drug-likeness (QED) is 0.724. The predicted molar refractivity (Wildman–Crippen MR) is 44.0 cm³/mol. The Kier molecular flexibility index (Phi) is 2.64. The van der Waals surface area contributed by atoms with Crippen molar-refractivity contribution in [2.24, 2.45) is 5.73 Å². The molecule has 0 unspecified atom stereocenters. The Bertz CT molecular complexity index is 344. The topological polar surface area (TPSA) is 49.8 Å². The monoisotopic (exact) mass is 184 g/mol. The zero-order valence-corrected chi connectivity index (χ0v) is 6.90. The van der Waals surface area contributed by atoms with Gasteiger partial charge in [-0.2, -0.15) is 5.26 Å². The van der Waals surface area contributed by atoms with Crippen LogP contribution in [0.2, 0.25) is 5.02 Å². The van der Waals surface area contributed by atoms with Crippen LogP contribution in [-0.2, 0) is 6.54 Å². The van der Waals surface area contributed by atoms with E-state index in [2.05, 4.69) is 0 Å². The maximum atomic E-state index is 12.9. The standard InChI is InChI=1S/C8H6ClFN2/c9-8-6(4-12)1-5(3-11)2-7(8)10/h1-2H,4,12H2. The van der Waals surface area contributed by atoms with Gasteiger partial charge in [0.2, 0.25) is 0 Å². The van der Waals surface area contributed by atoms with Gasteiger partial charge in [0, 0.05) is 6.54 Å². The van der Waals surface area contributed by atoms with Crippen LogP contribution in [0.1, 0.15) is 11.1 Å². The lowest BCUT2D eigenvalue weighted by Crippen LogP contribution is -1.99. The molecular weight excluding hydrogens is 179 g/mol. The van der Waals surface area contributed by atoms with Gasteiger partial charge in [0.15, 0.2) is 0 Å². The first-order chi connectivity index (χ1) is 5.69. The van der Waals surface area contributed by atoms with Crippen molar-refractivity contribution in [1.82, 2.24) is 0 Å². The molecule has 0 aliphatic carbocycles. The number of halogens is 2. The maximum absolute atomic E-state index is 12.9. The van der Waals surface area contributed by atoms with Gasteiger partial charge in [-0.15, -0.1) is 0 Å². The summed E-state index contributed by atoms with van der Waals surface area (Å²) >= 11 is 5.56. The third kappa shape index (κ3) is 1.55. The molecule has 0 amide bonds. The van der Waals surface area contributed by atoms with Crippen LogP contribution >= 0.6 is 11.6 Å². The third-order valence-corrected chi connectivity index (χ3v) is 1.88. The molecule has 2 nitrogen and oxygen atoms in total. The molecule has 0 radical (unpaired) electrons. The Morgan fingerprint density at radius 2 is 2.25 bits per heavy atom. The van der Waals surface area contributed by atoms with Gasteiger partial charge in [0.05, 0.1) is 16.7 Å². The second kappa shape index (κ2) is 3.53. The van der Waals surface area contributed by atoms with Crippen LogP contribution in [0.4, 0.5) is 4.39 Å². The van der Waals surface area contributed by atoms with Crippen molar-refractivity contribution in [2.75, 3.05) is 0 Å². The molecule has 2 N–H and O–H groups in total. The van der Waals surface area contributed by atoms with E-state index in [1.807, 2.05) is 6.07 Å². The Labute approximate surface area is 74.4 Å². The molecule has 1 aromatic carbocycles. The zero-order chi connectivity index (χ0) is 9.14. The number of rotatable bonds is 1. The van der Waals surface area contributed by atoms with Crippen LogP contribution in [0.3, 0.4) is 0 Å². The van der Waals surface area contributed by atoms with Crippen molar-refractivity contribution in [3.8, 4) is 6.07 Å². The molecule has 0 spiro atoms. The van der Waals surface area contributed by atoms with E-state index in [-0.39, 0.29) is 17.1 Å². The molecule has 0 saturated carbocycles. The van der Waals surface area contributed by atoms with E-state index >= 15 is 0 Å². The zero-order valence-electron chi connectivity index (χ0n) is 6.14. The van der Waals surface area contributed by atoms with E-state index in [1.54, 1.807) is 0 Å². The van der Waals surface area contributed by atoms with Gasteiger partial charge in [0.25, 0.3) is 0 Å². The van der Waals surface area contributed by atoms with Gasteiger partial charge in [-0.1, -0.05) is 11.6 Å². The van der Waals surface area contributed by atoms with Gasteiger partial charge < -0.3 is 5.73 Å². The van der Waals surface area contributed by atoms with Crippen LogP contribution in [0.5, 0.6) is 0 Å². The molecule has 12 heavy (non-hydrogen) atoms. The van der Waals surface area contributed by atoms with Crippen LogP contribution in [-0.4, -0.2) is 0 Å². The highest BCUT2D eigenvalue weighted by atomic mass is 35.5. The highest BCUT2D eigenvalue weighted by molar-refractivity contribution is 6.31. The van der Waals surface area contributed by atoms with E-state index in [0.717, 1.165) is 6.07 Å². The van der Waals surface area contributed by atoms with Crippen LogP contribution in [0, 0.1) is 17.1 Å². The molecule has 1 aromatic rings. The van der Waals surface area contributed by atoms with E-state index in [1.165, 1.54) is 6.07 Å². The van der Waals surface area contributed by atoms with Crippen LogP contribution in [0.15, 0.2) is 12.1 Å². The van der Waals surface area contributed by atoms with E-state index < -0.39 is 5.82 Å². The molecule has 4 heteroatoms. The summed E-state index contributed by atoms with van der Waals surface area (Å²) in [7, 11) is 0. The highest BCUT2D eigenvalue weighted by Gasteiger charge is 2.06. The Morgan fingerprint density at radius 1 is 1.58 bits per heavy atom. The summed E-state index contributed by atoms with van der Waals surface area (Å²) < 4.78 is 12.9. The number of benzene rings is 1. The van der Waals surface area contributed by atoms with Crippen molar-refractivity contribution < 1.29 is 4.39 Å². The second-order valence-corrected chi connectivity index (χ2v) is 2.63. The van der Waals surface area contributed by atoms with Crippen molar-refractivity contribution >= 4 is 11.6 Å². The number of hydrogen-bond acceptors (Lipinski definition) is 2. The molecule has 0 atom stereocenters. The fraction of sp³-hybridized carbons (Fsp3) is 0.125. The summed E-state index contributed by atoms with van der Waals surface area (Å²) in [6.07, 6.45) is 0. The number of nitriles is 1. The van der Waals surface area contributed by atoms with Crippen molar-refractivity contribution in [3.05, 3.63) is 34.1 Å². The largest absolute Gasteiger partial charge is 0.326 e. The Morgan fingerprint density at radius 3 is 2.75 bits per heavy atom. The van der Waals surface area contributed by atoms with Crippen molar-refractivity contribution in [3.63, 3.8) is 0 Å². The van der Waals surface area contributed by atoms with E-state index in [4.69, 9.17) is 22.6 Å². The smallest absolute Gasteiger partial charge is 0.143 e. The highest BCUT2D eigenvalue weighted by Crippen LogP contribution is 2.21. The second-order valence-electron chi connectivity index (χ2n) is 2.25. The average Bonchev–Trinajstić information content (AvgIpc) is 2.09. The number of nitrogens with two attached hydrogens (primary N) is 1. The van der Waals surface area contributed by atoms with Gasteiger partial charge >= 0.3 is 0 Å². The third-order valence-electron chi connectivity index (χ3n) is 1.45. The molecule has 0 saturated heterocycles. The SMILES string of the molecule is N#Cc1cc(F)c(Cl)c(CN)c1. The first-order valence-corrected chi connectivity index (χ1v) is 3.65. The minimum absolute atomic E-state index is 0.00324. The molecule has 0 aromatic heterocycles. The maximum Gasteiger partial charge on any atom is 0.143 e. The van der Waals surface area contributed by atoms with E-state index in [0.29, 0.717) is 5.56 Å². The molecular formula is C8H6ClFN2. The Hall–Kier alpha value is -1.11. The molecule has 1 rings (SSSR count). The van der Waals surface area contributed by atoms with E-state index in [9.17, 15) is 4.39 Å². The lowest BCUT2D eigenvalue weighted by molar-refractivity contribution is 0.625. The Balaban J connectivity index is 3.31. The molecule has 0 heterocycles. The molecule has 0 aliphatic rings. The summed E-state index contributed by atoms with van der Waals surface area (Å²) in [5, 5.41) is 8.47. The summed E-state index contributed by atoms with van der Waals surface area (Å²) in [4.78, 5) is 0. The lowest BCUT2D eigenvalue weighted by atomic mass is 10.1. The van der Waals surface area contributed by atoms with Gasteiger partial charge in [-0.3, -0.25) is 0 Å². The van der Waals surface area contributed by atoms with Crippen molar-refractivity contribution in [2.45, 2.75) is 6.54 Å². The number of nitrogens with zero attached hydrogens (tertiary/aromatic N) is 1. The number of hydrogen-bond donors (Lipinski definition) is 1. The van der Waals surface area contributed by atoms with Crippen molar-refractivity contribution in [1.29, 1.82) is 5.26 Å². The summed E-state index contributed by atoms with van der Waals surface area (Å²) in [5.41, 5.74) is 5.97. The molecule has 0 bridgehead atoms. The first-order valence-electron chi connectivity index (χ1n) is 3.27. The van der Waals surface area contributed by atoms with Crippen LogP contribution < -0.4 is 5.73 Å². The lowest BCUT2D eigenvalue weighted by Gasteiger charge is -2.01. The minimum Gasteiger partial charge on any atom is -0.326 e. The molecule has 62 valence electrons. The normalized spacial score (nSPS) is 9.50. The summed E-state index contributed by atoms with van der Waals surface area (Å²) in [6.45, 7) is 0.130. The summed E-state index contributed by atoms with van der Waals surface area (Å²) in [6, 6.07) is 4.38. The first kappa shape index (κ1) is 8.98. The molecule has 0 fully saturated rings. The fourth-order valence-electron chi connectivity index (χ4n) is 0.859. The average molecular weight is 185 g/mol. The predicted octanol–water partition coefficient (Wildman–Crippen LogP) is 1.81. The fourth-order valence-corrected chi connectivity index (χ4v) is 1.05. The molecule has 0 aliphatic heterocycles. The van der Waals surface area contributed by atoms with Gasteiger partial charge in [-0.05, 0) is 17.7 Å².